The van der Waals surface area contributed by atoms with E-state index in [-0.39, 0.29) is 5.54 Å². The minimum absolute atomic E-state index is 0.0803. The van der Waals surface area contributed by atoms with E-state index in [1.54, 1.807) is 0 Å². The van der Waals surface area contributed by atoms with E-state index in [9.17, 15) is 4.79 Å². The normalized spacial score (nSPS) is 25.5. The van der Waals surface area contributed by atoms with Gasteiger partial charge in [0.2, 0.25) is 0 Å². The van der Waals surface area contributed by atoms with Gasteiger partial charge in [0.05, 0.1) is 12.0 Å². The second-order valence-corrected chi connectivity index (χ2v) is 5.62. The molecule has 0 aliphatic carbocycles. The fourth-order valence-electron chi connectivity index (χ4n) is 3.26. The average Bonchev–Trinajstić information content (AvgIpc) is 2.25. The lowest BCUT2D eigenvalue weighted by Crippen LogP contribution is -2.70. The van der Waals surface area contributed by atoms with Crippen molar-refractivity contribution in [3.63, 3.8) is 0 Å². The Morgan fingerprint density at radius 3 is 2.47 bits per heavy atom. The van der Waals surface area contributed by atoms with Gasteiger partial charge in [-0.2, -0.15) is 0 Å². The number of likely N-dealkylation sites (tertiary alicyclic amines) is 1. The number of nitrogens with zero attached hydrogens (tertiary/aromatic N) is 1. The Balaban J connectivity index is 1.88. The summed E-state index contributed by atoms with van der Waals surface area (Å²) >= 11 is 0. The SMILES string of the molecule is CCCC1CCN(C2(CC(=O)O)CNC2)CC1. The number of hydrogen-bond acceptors (Lipinski definition) is 3. The second-order valence-electron chi connectivity index (χ2n) is 5.62. The third-order valence-corrected chi connectivity index (χ3v) is 4.37. The van der Waals surface area contributed by atoms with Crippen molar-refractivity contribution in [2.45, 2.75) is 44.6 Å². The summed E-state index contributed by atoms with van der Waals surface area (Å²) in [7, 11) is 0. The molecule has 0 saturated carbocycles. The van der Waals surface area contributed by atoms with Crippen molar-refractivity contribution in [3.8, 4) is 0 Å². The number of nitrogens with one attached hydrogen (secondary N) is 1. The molecule has 2 N–H and O–H groups in total. The van der Waals surface area contributed by atoms with Gasteiger partial charge in [0.15, 0.2) is 0 Å². The summed E-state index contributed by atoms with van der Waals surface area (Å²) in [4.78, 5) is 13.4. The van der Waals surface area contributed by atoms with Gasteiger partial charge in [0.1, 0.15) is 0 Å². The Bertz CT molecular complexity index is 269. The van der Waals surface area contributed by atoms with Crippen molar-refractivity contribution in [2.24, 2.45) is 5.92 Å². The monoisotopic (exact) mass is 240 g/mol. The average molecular weight is 240 g/mol. The third-order valence-electron chi connectivity index (χ3n) is 4.37. The molecule has 2 fully saturated rings. The first-order chi connectivity index (χ1) is 8.16. The number of piperidine rings is 1. The van der Waals surface area contributed by atoms with Crippen LogP contribution in [0.3, 0.4) is 0 Å². The molecule has 2 saturated heterocycles. The number of hydrogen-bond donors (Lipinski definition) is 2. The summed E-state index contributed by atoms with van der Waals surface area (Å²) in [6.07, 6.45) is 5.38. The van der Waals surface area contributed by atoms with E-state index in [4.69, 9.17) is 5.11 Å². The highest BCUT2D eigenvalue weighted by molar-refractivity contribution is 5.68. The molecule has 4 heteroatoms. The van der Waals surface area contributed by atoms with Crippen LogP contribution in [0.1, 0.15) is 39.0 Å². The molecule has 0 spiro atoms. The standard InChI is InChI=1S/C13H24N2O2/c1-2-3-11-4-6-15(7-5-11)13(8-12(16)17)9-14-10-13/h11,14H,2-10H2,1H3,(H,16,17). The van der Waals surface area contributed by atoms with Crippen LogP contribution in [0.2, 0.25) is 0 Å². The number of rotatable bonds is 5. The third kappa shape index (κ3) is 2.80. The van der Waals surface area contributed by atoms with Gasteiger partial charge in [-0.3, -0.25) is 9.69 Å². The molecule has 4 nitrogen and oxygen atoms in total. The zero-order chi connectivity index (χ0) is 12.3. The molecule has 0 aromatic heterocycles. The Morgan fingerprint density at radius 2 is 2.06 bits per heavy atom. The zero-order valence-corrected chi connectivity index (χ0v) is 10.7. The minimum atomic E-state index is -0.665. The zero-order valence-electron chi connectivity index (χ0n) is 10.7. The molecule has 0 radical (unpaired) electrons. The van der Waals surface area contributed by atoms with Gasteiger partial charge in [-0.15, -0.1) is 0 Å². The van der Waals surface area contributed by atoms with Gasteiger partial charge >= 0.3 is 5.97 Å². The van der Waals surface area contributed by atoms with Crippen molar-refractivity contribution < 1.29 is 9.90 Å². The van der Waals surface area contributed by atoms with Crippen molar-refractivity contribution in [1.29, 1.82) is 0 Å². The maximum Gasteiger partial charge on any atom is 0.305 e. The second kappa shape index (κ2) is 5.36. The summed E-state index contributed by atoms with van der Waals surface area (Å²) in [5, 5.41) is 12.3. The predicted molar refractivity (Wildman–Crippen MR) is 67.1 cm³/mol. The van der Waals surface area contributed by atoms with E-state index in [1.165, 1.54) is 25.7 Å². The van der Waals surface area contributed by atoms with Gasteiger partial charge in [0.25, 0.3) is 0 Å². The molecular weight excluding hydrogens is 216 g/mol. The van der Waals surface area contributed by atoms with Crippen LogP contribution in [0.4, 0.5) is 0 Å². The summed E-state index contributed by atoms with van der Waals surface area (Å²) in [6, 6.07) is 0. The minimum Gasteiger partial charge on any atom is -0.481 e. The van der Waals surface area contributed by atoms with Crippen molar-refractivity contribution in [2.75, 3.05) is 26.2 Å². The number of carboxylic acid groups (broad SMARTS) is 1. The lowest BCUT2D eigenvalue weighted by atomic mass is 9.82. The van der Waals surface area contributed by atoms with Crippen LogP contribution in [0, 0.1) is 5.92 Å². The maximum absolute atomic E-state index is 11.0. The molecule has 0 aromatic carbocycles. The van der Waals surface area contributed by atoms with Gasteiger partial charge in [-0.25, -0.2) is 0 Å². The van der Waals surface area contributed by atoms with Crippen LogP contribution in [0.25, 0.3) is 0 Å². The molecule has 2 aliphatic heterocycles. The summed E-state index contributed by atoms with van der Waals surface area (Å²) in [6.45, 7) is 6.10. The highest BCUT2D eigenvalue weighted by Crippen LogP contribution is 2.31. The topological polar surface area (TPSA) is 52.6 Å². The van der Waals surface area contributed by atoms with E-state index in [0.717, 1.165) is 32.1 Å². The van der Waals surface area contributed by atoms with E-state index >= 15 is 0 Å². The first-order valence-corrected chi connectivity index (χ1v) is 6.84. The smallest absolute Gasteiger partial charge is 0.305 e. The van der Waals surface area contributed by atoms with E-state index < -0.39 is 5.97 Å². The van der Waals surface area contributed by atoms with Crippen molar-refractivity contribution in [3.05, 3.63) is 0 Å². The molecule has 0 aromatic rings. The Labute approximate surface area is 103 Å². The predicted octanol–water partition coefficient (Wildman–Crippen LogP) is 1.32. The highest BCUT2D eigenvalue weighted by atomic mass is 16.4. The number of carboxylic acids is 1. The fraction of sp³-hybridized carbons (Fsp3) is 0.923. The van der Waals surface area contributed by atoms with Crippen molar-refractivity contribution >= 4 is 5.97 Å². The fourth-order valence-corrected chi connectivity index (χ4v) is 3.26. The van der Waals surface area contributed by atoms with Crippen LogP contribution < -0.4 is 5.32 Å². The number of aliphatic carboxylic acids is 1. The largest absolute Gasteiger partial charge is 0.481 e. The van der Waals surface area contributed by atoms with Crippen LogP contribution in [0.5, 0.6) is 0 Å². The molecule has 98 valence electrons. The van der Waals surface area contributed by atoms with Crippen LogP contribution >= 0.6 is 0 Å². The molecule has 0 atom stereocenters. The highest BCUT2D eigenvalue weighted by Gasteiger charge is 2.45. The van der Waals surface area contributed by atoms with Gasteiger partial charge in [0, 0.05) is 13.1 Å². The molecule has 2 heterocycles. The van der Waals surface area contributed by atoms with Gasteiger partial charge in [-0.05, 0) is 31.8 Å². The molecule has 0 unspecified atom stereocenters. The maximum atomic E-state index is 11.0. The first kappa shape index (κ1) is 12.8. The summed E-state index contributed by atoms with van der Waals surface area (Å²) < 4.78 is 0. The van der Waals surface area contributed by atoms with Crippen LogP contribution in [-0.4, -0.2) is 47.7 Å². The lowest BCUT2D eigenvalue weighted by Gasteiger charge is -2.52. The van der Waals surface area contributed by atoms with E-state index in [2.05, 4.69) is 17.1 Å². The number of carbonyl (C=O) groups is 1. The van der Waals surface area contributed by atoms with Crippen LogP contribution in [-0.2, 0) is 4.79 Å². The van der Waals surface area contributed by atoms with E-state index in [1.807, 2.05) is 0 Å². The lowest BCUT2D eigenvalue weighted by molar-refractivity contribution is -0.142. The molecule has 2 rings (SSSR count). The van der Waals surface area contributed by atoms with Crippen LogP contribution in [0.15, 0.2) is 0 Å². The Hall–Kier alpha value is -0.610. The molecular formula is C13H24N2O2. The van der Waals surface area contributed by atoms with Gasteiger partial charge < -0.3 is 10.4 Å². The Kier molecular flexibility index (Phi) is 4.05. The van der Waals surface area contributed by atoms with Gasteiger partial charge in [-0.1, -0.05) is 19.8 Å². The van der Waals surface area contributed by atoms with E-state index in [0.29, 0.717) is 6.42 Å². The van der Waals surface area contributed by atoms with Crippen molar-refractivity contribution in [1.82, 2.24) is 10.2 Å². The first-order valence-electron chi connectivity index (χ1n) is 6.84. The summed E-state index contributed by atoms with van der Waals surface area (Å²) in [5.74, 6) is 0.202. The molecule has 2 aliphatic rings. The summed E-state index contributed by atoms with van der Waals surface area (Å²) in [5.41, 5.74) is -0.0803. The molecule has 0 amide bonds. The molecule has 0 bridgehead atoms. The Morgan fingerprint density at radius 1 is 1.41 bits per heavy atom. The molecule has 17 heavy (non-hydrogen) atoms. The quantitative estimate of drug-likeness (QED) is 0.761.